The molecule has 12 heavy (non-hydrogen) atoms. The number of halogens is 1. The van der Waals surface area contributed by atoms with Crippen molar-refractivity contribution in [1.82, 2.24) is 0 Å². The first-order chi connectivity index (χ1) is 5.18. The molecule has 2 rings (SSSR count). The van der Waals surface area contributed by atoms with Gasteiger partial charge >= 0.3 is 0 Å². The van der Waals surface area contributed by atoms with Crippen LogP contribution in [0.1, 0.15) is 19.3 Å². The Morgan fingerprint density at radius 1 is 1.25 bits per heavy atom. The molecule has 70 valence electrons. The van der Waals surface area contributed by atoms with Crippen LogP contribution < -0.4 is 11.5 Å². The lowest BCUT2D eigenvalue weighted by molar-refractivity contribution is -0.121. The van der Waals surface area contributed by atoms with Gasteiger partial charge in [0.1, 0.15) is 0 Å². The van der Waals surface area contributed by atoms with Crippen molar-refractivity contribution in [2.24, 2.45) is 29.2 Å². The largest absolute Gasteiger partial charge is 0.369 e. The number of carbonyl (C=O) groups excluding carboxylic acids is 1. The summed E-state index contributed by atoms with van der Waals surface area (Å²) < 4.78 is 0. The number of carbonyl (C=O) groups is 1. The zero-order valence-corrected chi connectivity index (χ0v) is 7.72. The molecule has 0 spiro atoms. The maximum atomic E-state index is 10.8. The van der Waals surface area contributed by atoms with Crippen LogP contribution in [0.5, 0.6) is 0 Å². The topological polar surface area (TPSA) is 69.1 Å². The molecule has 0 bridgehead atoms. The highest BCUT2D eigenvalue weighted by Crippen LogP contribution is 2.48. The van der Waals surface area contributed by atoms with Gasteiger partial charge in [-0.05, 0) is 31.1 Å². The lowest BCUT2D eigenvalue weighted by atomic mass is 9.72. The Kier molecular flexibility index (Phi) is 2.64. The summed E-state index contributed by atoms with van der Waals surface area (Å²) in [4.78, 5) is 10.8. The minimum absolute atomic E-state index is 0. The second-order valence-corrected chi connectivity index (χ2v) is 3.89. The van der Waals surface area contributed by atoms with E-state index in [0.29, 0.717) is 17.9 Å². The number of nitrogens with two attached hydrogens (primary N) is 2. The molecule has 4 atom stereocenters. The Morgan fingerprint density at radius 3 is 2.33 bits per heavy atom. The lowest BCUT2D eigenvalue weighted by Crippen LogP contribution is -2.44. The smallest absolute Gasteiger partial charge is 0.220 e. The first-order valence-corrected chi connectivity index (χ1v) is 4.23. The lowest BCUT2D eigenvalue weighted by Gasteiger charge is -2.37. The van der Waals surface area contributed by atoms with Gasteiger partial charge in [-0.1, -0.05) is 0 Å². The van der Waals surface area contributed by atoms with Crippen molar-refractivity contribution in [3.8, 4) is 0 Å². The predicted octanol–water partition coefficient (Wildman–Crippen LogP) is 0.267. The summed E-state index contributed by atoms with van der Waals surface area (Å²) >= 11 is 0. The minimum atomic E-state index is -0.133. The van der Waals surface area contributed by atoms with Gasteiger partial charge in [0.05, 0.1) is 0 Å². The quantitative estimate of drug-likeness (QED) is 0.623. The fraction of sp³-hybridized carbons (Fsp3) is 0.875. The van der Waals surface area contributed by atoms with Crippen molar-refractivity contribution >= 4 is 18.3 Å². The van der Waals surface area contributed by atoms with E-state index in [4.69, 9.17) is 11.5 Å². The molecular formula is C8H15ClN2O. The van der Waals surface area contributed by atoms with Crippen LogP contribution in [-0.2, 0) is 4.79 Å². The summed E-state index contributed by atoms with van der Waals surface area (Å²) in [6.45, 7) is 0. The highest BCUT2D eigenvalue weighted by molar-refractivity contribution is 5.85. The zero-order valence-electron chi connectivity index (χ0n) is 6.90. The maximum absolute atomic E-state index is 10.8. The number of rotatable bonds is 1. The van der Waals surface area contributed by atoms with Gasteiger partial charge < -0.3 is 11.5 Å². The normalized spacial score (nSPS) is 44.1. The van der Waals surface area contributed by atoms with E-state index in [-0.39, 0.29) is 24.2 Å². The van der Waals surface area contributed by atoms with Crippen molar-refractivity contribution in [3.05, 3.63) is 0 Å². The third kappa shape index (κ3) is 1.31. The molecular weight excluding hydrogens is 176 g/mol. The molecule has 0 aromatic carbocycles. The number of amides is 1. The molecule has 2 fully saturated rings. The second kappa shape index (κ2) is 3.23. The van der Waals surface area contributed by atoms with Gasteiger partial charge in [0.25, 0.3) is 0 Å². The van der Waals surface area contributed by atoms with Gasteiger partial charge in [-0.2, -0.15) is 0 Å². The molecule has 2 saturated carbocycles. The van der Waals surface area contributed by atoms with Crippen molar-refractivity contribution in [3.63, 3.8) is 0 Å². The minimum Gasteiger partial charge on any atom is -0.369 e. The molecule has 0 aromatic heterocycles. The van der Waals surface area contributed by atoms with Gasteiger partial charge in [0.15, 0.2) is 0 Å². The van der Waals surface area contributed by atoms with E-state index in [1.165, 1.54) is 0 Å². The van der Waals surface area contributed by atoms with E-state index < -0.39 is 0 Å². The van der Waals surface area contributed by atoms with E-state index in [0.717, 1.165) is 19.3 Å². The molecule has 2 aliphatic carbocycles. The Bertz CT molecular complexity index is 197. The standard InChI is InChI=1S/C8H14N2O.ClH/c9-7-3-4-1-5(8(10)11)2-6(4)7;/h4-7H,1-3,9H2,(H2,10,11);1H/t4-,5?,6-,7+;/m1./s1. The molecule has 4 heteroatoms. The Morgan fingerprint density at radius 2 is 1.92 bits per heavy atom. The maximum Gasteiger partial charge on any atom is 0.220 e. The van der Waals surface area contributed by atoms with E-state index >= 15 is 0 Å². The van der Waals surface area contributed by atoms with Crippen LogP contribution in [0.25, 0.3) is 0 Å². The van der Waals surface area contributed by atoms with Crippen LogP contribution in [0.2, 0.25) is 0 Å². The number of hydrogen-bond donors (Lipinski definition) is 2. The summed E-state index contributed by atoms with van der Waals surface area (Å²) in [5, 5.41) is 0. The fourth-order valence-corrected chi connectivity index (χ4v) is 2.51. The van der Waals surface area contributed by atoms with Crippen LogP contribution in [0, 0.1) is 17.8 Å². The molecule has 0 saturated heterocycles. The zero-order chi connectivity index (χ0) is 8.01. The van der Waals surface area contributed by atoms with Crippen LogP contribution in [0.15, 0.2) is 0 Å². The number of primary amides is 1. The Balaban J connectivity index is 0.000000720. The third-order valence-electron chi connectivity index (χ3n) is 3.28. The van der Waals surface area contributed by atoms with Crippen LogP contribution in [0.3, 0.4) is 0 Å². The third-order valence-corrected chi connectivity index (χ3v) is 3.28. The highest BCUT2D eigenvalue weighted by Gasteiger charge is 2.47. The molecule has 0 aliphatic heterocycles. The fourth-order valence-electron chi connectivity index (χ4n) is 2.51. The van der Waals surface area contributed by atoms with Crippen molar-refractivity contribution in [2.45, 2.75) is 25.3 Å². The molecule has 0 radical (unpaired) electrons. The van der Waals surface area contributed by atoms with E-state index in [1.807, 2.05) is 0 Å². The molecule has 2 aliphatic rings. The molecule has 0 heterocycles. The average Bonchev–Trinajstić information content (AvgIpc) is 2.26. The van der Waals surface area contributed by atoms with Crippen LogP contribution >= 0.6 is 12.4 Å². The SMILES string of the molecule is Cl.NC(=O)C1C[C@@H]2C[C@H](N)[C@@H]2C1. The first kappa shape index (κ1) is 9.81. The van der Waals surface area contributed by atoms with Crippen molar-refractivity contribution in [1.29, 1.82) is 0 Å². The van der Waals surface area contributed by atoms with Crippen molar-refractivity contribution in [2.75, 3.05) is 0 Å². The van der Waals surface area contributed by atoms with Gasteiger partial charge in [-0.3, -0.25) is 4.79 Å². The molecule has 3 nitrogen and oxygen atoms in total. The second-order valence-electron chi connectivity index (χ2n) is 3.89. The van der Waals surface area contributed by atoms with Crippen LogP contribution in [0.4, 0.5) is 0 Å². The number of hydrogen-bond acceptors (Lipinski definition) is 2. The van der Waals surface area contributed by atoms with Gasteiger partial charge in [-0.25, -0.2) is 0 Å². The molecule has 1 unspecified atom stereocenters. The van der Waals surface area contributed by atoms with E-state index in [1.54, 1.807) is 0 Å². The number of fused-ring (bicyclic) bond motifs is 1. The van der Waals surface area contributed by atoms with E-state index in [2.05, 4.69) is 0 Å². The Labute approximate surface area is 78.3 Å². The summed E-state index contributed by atoms with van der Waals surface area (Å²) in [6, 6.07) is 0.351. The summed E-state index contributed by atoms with van der Waals surface area (Å²) in [5.74, 6) is 1.31. The van der Waals surface area contributed by atoms with E-state index in [9.17, 15) is 4.79 Å². The molecule has 1 amide bonds. The first-order valence-electron chi connectivity index (χ1n) is 4.23. The summed E-state index contributed by atoms with van der Waals surface area (Å²) in [5.41, 5.74) is 11.0. The van der Waals surface area contributed by atoms with Gasteiger partial charge in [-0.15, -0.1) is 12.4 Å². The Hall–Kier alpha value is -0.280. The monoisotopic (exact) mass is 190 g/mol. The molecule has 0 aromatic rings. The highest BCUT2D eigenvalue weighted by atomic mass is 35.5. The summed E-state index contributed by atoms with van der Waals surface area (Å²) in [6.07, 6.45) is 3.04. The summed E-state index contributed by atoms with van der Waals surface area (Å²) in [7, 11) is 0. The van der Waals surface area contributed by atoms with Crippen molar-refractivity contribution < 1.29 is 4.79 Å². The average molecular weight is 191 g/mol. The molecule has 4 N–H and O–H groups in total. The predicted molar refractivity (Wildman–Crippen MR) is 48.7 cm³/mol. The van der Waals surface area contributed by atoms with Crippen LogP contribution in [-0.4, -0.2) is 11.9 Å². The van der Waals surface area contributed by atoms with Gasteiger partial charge in [0.2, 0.25) is 5.91 Å². The van der Waals surface area contributed by atoms with Gasteiger partial charge in [0, 0.05) is 12.0 Å².